The number of nitro groups is 1. The summed E-state index contributed by atoms with van der Waals surface area (Å²) in [7, 11) is 1.31. The number of carbonyl (C=O) groups is 1. The highest BCUT2D eigenvalue weighted by Crippen LogP contribution is 2.33. The van der Waals surface area contributed by atoms with Gasteiger partial charge >= 0.3 is 0 Å². The summed E-state index contributed by atoms with van der Waals surface area (Å²) >= 11 is 0. The summed E-state index contributed by atoms with van der Waals surface area (Å²) in [5.41, 5.74) is 0.308. The van der Waals surface area contributed by atoms with E-state index in [2.05, 4.69) is 15.4 Å². The van der Waals surface area contributed by atoms with E-state index in [0.29, 0.717) is 11.5 Å². The number of nitrogens with one attached hydrogen (secondary N) is 1. The van der Waals surface area contributed by atoms with E-state index in [9.17, 15) is 23.7 Å². The van der Waals surface area contributed by atoms with Gasteiger partial charge in [0.05, 0.1) is 41.1 Å². The Morgan fingerprint density at radius 2 is 2.12 bits per heavy atom. The number of methoxy groups -OCH3 is 1. The average molecular weight is 457 g/mol. The van der Waals surface area contributed by atoms with Crippen LogP contribution < -0.4 is 10.1 Å². The van der Waals surface area contributed by atoms with Gasteiger partial charge in [-0.15, -0.1) is 0 Å². The Morgan fingerprint density at radius 3 is 2.76 bits per heavy atom. The maximum Gasteiger partial charge on any atom is 0.273 e. The molecule has 1 aromatic carbocycles. The number of nitrogens with zero attached hydrogens (tertiary/aromatic N) is 4. The number of aromatic nitrogens is 3. The van der Waals surface area contributed by atoms with Crippen molar-refractivity contribution in [3.05, 3.63) is 64.0 Å². The number of furan rings is 1. The van der Waals surface area contributed by atoms with Crippen LogP contribution in [0.1, 0.15) is 17.7 Å². The lowest BCUT2D eigenvalue weighted by Gasteiger charge is -2.11. The molecule has 4 aromatic rings. The second-order valence-corrected chi connectivity index (χ2v) is 7.01. The van der Waals surface area contributed by atoms with Crippen LogP contribution in [0.5, 0.6) is 5.75 Å². The van der Waals surface area contributed by atoms with Crippen molar-refractivity contribution in [1.29, 1.82) is 0 Å². The van der Waals surface area contributed by atoms with E-state index in [1.807, 2.05) is 0 Å². The molecule has 3 aromatic heterocycles. The number of rotatable bonds is 7. The molecule has 0 saturated carbocycles. The molecule has 0 fully saturated rings. The zero-order valence-electron chi connectivity index (χ0n) is 17.4. The van der Waals surface area contributed by atoms with Gasteiger partial charge in [-0.1, -0.05) is 0 Å². The van der Waals surface area contributed by atoms with E-state index in [0.717, 1.165) is 0 Å². The molecule has 0 atom stereocenters. The second-order valence-electron chi connectivity index (χ2n) is 7.01. The minimum atomic E-state index is -2.79. The molecule has 10 nitrogen and oxygen atoms in total. The molecule has 0 spiro atoms. The first kappa shape index (κ1) is 21.9. The normalized spacial score (nSPS) is 11.2. The number of fused-ring (bicyclic) bond motifs is 1. The molecule has 0 unspecified atom stereocenters. The van der Waals surface area contributed by atoms with Gasteiger partial charge in [0.1, 0.15) is 18.0 Å². The molecule has 0 aliphatic carbocycles. The van der Waals surface area contributed by atoms with Crippen molar-refractivity contribution in [2.45, 2.75) is 19.9 Å². The molecule has 3 heterocycles. The molecule has 0 saturated heterocycles. The molecule has 0 radical (unpaired) electrons. The topological polar surface area (TPSA) is 125 Å². The van der Waals surface area contributed by atoms with Gasteiger partial charge in [-0.05, 0) is 31.2 Å². The lowest BCUT2D eigenvalue weighted by molar-refractivity contribution is -0.384. The third kappa shape index (κ3) is 4.22. The van der Waals surface area contributed by atoms with Crippen LogP contribution in [0.25, 0.3) is 22.5 Å². The average Bonchev–Trinajstić information content (AvgIpc) is 3.42. The summed E-state index contributed by atoms with van der Waals surface area (Å²) in [5, 5.41) is 17.9. The highest BCUT2D eigenvalue weighted by atomic mass is 19.3. The first-order chi connectivity index (χ1) is 15.8. The van der Waals surface area contributed by atoms with Crippen molar-refractivity contribution in [2.24, 2.45) is 0 Å². The molecule has 12 heteroatoms. The van der Waals surface area contributed by atoms with Crippen LogP contribution in [0.15, 0.2) is 47.1 Å². The van der Waals surface area contributed by atoms with Crippen LogP contribution >= 0.6 is 0 Å². The summed E-state index contributed by atoms with van der Waals surface area (Å²) in [6.45, 7) is 1.21. The monoisotopic (exact) mass is 457 g/mol. The van der Waals surface area contributed by atoms with Crippen molar-refractivity contribution in [3.8, 4) is 17.2 Å². The van der Waals surface area contributed by atoms with Crippen LogP contribution in [0.2, 0.25) is 0 Å². The van der Waals surface area contributed by atoms with Crippen molar-refractivity contribution < 1.29 is 27.7 Å². The molecule has 170 valence electrons. The molecule has 0 aliphatic heterocycles. The first-order valence-corrected chi connectivity index (χ1v) is 9.61. The number of nitro benzene ring substituents is 1. The number of halogens is 2. The fourth-order valence-electron chi connectivity index (χ4n) is 3.44. The number of carbonyl (C=O) groups excluding carboxylic acids is 1. The number of anilines is 1. The zero-order chi connectivity index (χ0) is 23.7. The van der Waals surface area contributed by atoms with Crippen molar-refractivity contribution in [2.75, 3.05) is 12.4 Å². The van der Waals surface area contributed by atoms with Crippen molar-refractivity contribution in [1.82, 2.24) is 14.8 Å². The highest BCUT2D eigenvalue weighted by Gasteiger charge is 2.23. The number of non-ortho nitro benzene ring substituents is 1. The molecule has 1 N–H and O–H groups in total. The Bertz CT molecular complexity index is 1350. The number of hydrogen-bond acceptors (Lipinski definition) is 7. The lowest BCUT2D eigenvalue weighted by Crippen LogP contribution is -2.20. The smallest absolute Gasteiger partial charge is 0.273 e. The van der Waals surface area contributed by atoms with Gasteiger partial charge in [-0.2, -0.15) is 5.10 Å². The van der Waals surface area contributed by atoms with E-state index in [1.165, 1.54) is 42.3 Å². The van der Waals surface area contributed by atoms with Crippen LogP contribution in [0.3, 0.4) is 0 Å². The van der Waals surface area contributed by atoms with Crippen LogP contribution in [-0.4, -0.2) is 32.7 Å². The predicted molar refractivity (Wildman–Crippen MR) is 113 cm³/mol. The Kier molecular flexibility index (Phi) is 5.73. The van der Waals surface area contributed by atoms with Gasteiger partial charge in [0.25, 0.3) is 12.1 Å². The zero-order valence-corrected chi connectivity index (χ0v) is 17.4. The largest absolute Gasteiger partial charge is 0.494 e. The third-order valence-electron chi connectivity index (χ3n) is 4.88. The third-order valence-corrected chi connectivity index (χ3v) is 4.88. The number of alkyl halides is 2. The van der Waals surface area contributed by atoms with E-state index >= 15 is 0 Å². The molecular formula is C21H17F2N5O5. The lowest BCUT2D eigenvalue weighted by atomic mass is 10.1. The van der Waals surface area contributed by atoms with Crippen molar-refractivity contribution >= 4 is 28.3 Å². The molecule has 33 heavy (non-hydrogen) atoms. The molecule has 4 rings (SSSR count). The van der Waals surface area contributed by atoms with Crippen molar-refractivity contribution in [3.63, 3.8) is 0 Å². The predicted octanol–water partition coefficient (Wildman–Crippen LogP) is 4.49. The Hall–Kier alpha value is -4.35. The molecular weight excluding hydrogens is 440 g/mol. The highest BCUT2D eigenvalue weighted by molar-refractivity contribution is 5.93. The Morgan fingerprint density at radius 1 is 1.33 bits per heavy atom. The minimum Gasteiger partial charge on any atom is -0.494 e. The van der Waals surface area contributed by atoms with Crippen LogP contribution in [0, 0.1) is 17.0 Å². The van der Waals surface area contributed by atoms with Gasteiger partial charge in [-0.3, -0.25) is 14.9 Å². The second kappa shape index (κ2) is 8.65. The Labute approximate surface area is 184 Å². The van der Waals surface area contributed by atoms with Gasteiger partial charge in [0.2, 0.25) is 5.91 Å². The van der Waals surface area contributed by atoms with Gasteiger partial charge < -0.3 is 14.5 Å². The first-order valence-electron chi connectivity index (χ1n) is 9.61. The number of ether oxygens (including phenoxy) is 1. The minimum absolute atomic E-state index is 0.0947. The fraction of sp³-hybridized carbons (Fsp3) is 0.190. The summed E-state index contributed by atoms with van der Waals surface area (Å²) < 4.78 is 39.2. The quantitative estimate of drug-likeness (QED) is 0.320. The maximum atomic E-state index is 13.8. The van der Waals surface area contributed by atoms with E-state index in [-0.39, 0.29) is 46.0 Å². The summed E-state index contributed by atoms with van der Waals surface area (Å²) in [6, 6.07) is 8.17. The molecule has 1 amide bonds. The van der Waals surface area contributed by atoms with E-state index in [4.69, 9.17) is 9.15 Å². The van der Waals surface area contributed by atoms with Gasteiger partial charge in [-0.25, -0.2) is 18.4 Å². The van der Waals surface area contributed by atoms with Gasteiger partial charge in [0, 0.05) is 11.6 Å². The van der Waals surface area contributed by atoms with Crippen LogP contribution in [0.4, 0.5) is 20.2 Å². The van der Waals surface area contributed by atoms with E-state index < -0.39 is 17.3 Å². The fourth-order valence-corrected chi connectivity index (χ4v) is 3.44. The number of benzene rings is 1. The number of aryl methyl sites for hydroxylation is 1. The molecule has 0 bridgehead atoms. The number of amides is 1. The Balaban J connectivity index is 1.69. The maximum absolute atomic E-state index is 13.8. The summed E-state index contributed by atoms with van der Waals surface area (Å²) in [6.07, 6.45) is -1.39. The molecule has 0 aliphatic rings. The van der Waals surface area contributed by atoms with Gasteiger partial charge in [0.15, 0.2) is 11.4 Å². The number of pyridine rings is 1. The summed E-state index contributed by atoms with van der Waals surface area (Å²) in [5.74, 6) is -0.170. The summed E-state index contributed by atoms with van der Waals surface area (Å²) in [4.78, 5) is 27.5. The SMILES string of the molecule is COc1cc([N+](=O)[O-])ccc1NC(=O)Cn1nc(C)c2c(C(F)F)cc(-c3ccco3)nc21. The van der Waals surface area contributed by atoms with Crippen LogP contribution in [-0.2, 0) is 11.3 Å². The standard InChI is InChI=1S/C21H17F2N5O5/c1-11-19-13(20(22)23)9-15(16-4-3-7-33-16)25-21(19)27(26-11)10-18(29)24-14-6-5-12(28(30)31)8-17(14)32-2/h3-9,20H,10H2,1-2H3,(H,24,29). The van der Waals surface area contributed by atoms with E-state index in [1.54, 1.807) is 19.1 Å². The number of hydrogen-bond donors (Lipinski definition) is 1.